The molecule has 0 heterocycles. The minimum absolute atomic E-state index is 0.315. The lowest BCUT2D eigenvalue weighted by Crippen LogP contribution is -2.62. The predicted octanol–water partition coefficient (Wildman–Crippen LogP) is 0.241. The molecule has 0 saturated carbocycles. The molecule has 0 radical (unpaired) electrons. The second-order valence-electron chi connectivity index (χ2n) is 2.91. The molecule has 1 atom stereocenters. The molecule has 0 saturated heterocycles. The van der Waals surface area contributed by atoms with Crippen molar-refractivity contribution in [3.8, 4) is 0 Å². The van der Waals surface area contributed by atoms with Gasteiger partial charge in [-0.1, -0.05) is 6.92 Å². The van der Waals surface area contributed by atoms with Gasteiger partial charge in [-0.15, -0.1) is 0 Å². The monoisotopic (exact) mass is 236 g/mol. The summed E-state index contributed by atoms with van der Waals surface area (Å²) in [4.78, 5) is 10.8. The molecule has 0 spiro atoms. The number of carbonyl (C=O) groups excluding carboxylic acids is 1. The van der Waals surface area contributed by atoms with Crippen molar-refractivity contribution in [3.05, 3.63) is 0 Å². The average Bonchev–Trinajstić information content (AvgIpc) is 2.23. The lowest BCUT2D eigenvalue weighted by atomic mass is 10.5. The van der Waals surface area contributed by atoms with Gasteiger partial charge in [-0.3, -0.25) is 0 Å². The molecular weight excluding hydrogens is 216 g/mol. The molecule has 7 heteroatoms. The highest BCUT2D eigenvalue weighted by atomic mass is 28.4. The van der Waals surface area contributed by atoms with E-state index in [9.17, 15) is 4.79 Å². The maximum atomic E-state index is 10.8. The maximum absolute atomic E-state index is 10.8. The van der Waals surface area contributed by atoms with Crippen LogP contribution in [0.4, 0.5) is 4.79 Å². The van der Waals surface area contributed by atoms with Crippen molar-refractivity contribution < 1.29 is 18.1 Å². The van der Waals surface area contributed by atoms with Crippen LogP contribution in [-0.4, -0.2) is 41.3 Å². The van der Waals surface area contributed by atoms with Crippen LogP contribution in [-0.2, 0) is 13.3 Å². The third kappa shape index (κ3) is 3.78. The zero-order valence-electron chi connectivity index (χ0n) is 9.70. The first-order valence-electron chi connectivity index (χ1n) is 4.86. The molecule has 1 unspecified atom stereocenters. The van der Waals surface area contributed by atoms with Crippen molar-refractivity contribution in [3.63, 3.8) is 0 Å². The molecule has 0 aromatic rings. The van der Waals surface area contributed by atoms with Gasteiger partial charge in [0.1, 0.15) is 5.67 Å². The van der Waals surface area contributed by atoms with Gasteiger partial charge >= 0.3 is 14.8 Å². The van der Waals surface area contributed by atoms with Crippen LogP contribution >= 0.6 is 0 Å². The fourth-order valence-corrected chi connectivity index (χ4v) is 3.79. The molecule has 15 heavy (non-hydrogen) atoms. The number of amides is 2. The Kier molecular flexibility index (Phi) is 6.49. The van der Waals surface area contributed by atoms with E-state index < -0.39 is 14.8 Å². The van der Waals surface area contributed by atoms with E-state index in [1.54, 1.807) is 0 Å². The lowest BCUT2D eigenvalue weighted by molar-refractivity contribution is 0.0892. The van der Waals surface area contributed by atoms with Gasteiger partial charge in [0.25, 0.3) is 0 Å². The van der Waals surface area contributed by atoms with Crippen molar-refractivity contribution in [2.45, 2.75) is 25.9 Å². The van der Waals surface area contributed by atoms with Crippen LogP contribution in [0.5, 0.6) is 0 Å². The smallest absolute Gasteiger partial charge is 0.376 e. The van der Waals surface area contributed by atoms with E-state index in [2.05, 4.69) is 5.32 Å². The van der Waals surface area contributed by atoms with Gasteiger partial charge in [-0.2, -0.15) is 0 Å². The number of nitrogens with two attached hydrogens (primary N) is 1. The van der Waals surface area contributed by atoms with Crippen molar-refractivity contribution in [1.29, 1.82) is 0 Å². The summed E-state index contributed by atoms with van der Waals surface area (Å²) in [5.74, 6) is 0. The SMILES string of the molecule is CCO[Si](OC)(OC)C(CC)NC(N)=O. The van der Waals surface area contributed by atoms with E-state index in [-0.39, 0.29) is 5.67 Å². The van der Waals surface area contributed by atoms with Crippen molar-refractivity contribution in [2.75, 3.05) is 20.8 Å². The first-order chi connectivity index (χ1) is 7.06. The number of hydrogen-bond acceptors (Lipinski definition) is 4. The van der Waals surface area contributed by atoms with Gasteiger partial charge in [0, 0.05) is 20.8 Å². The molecule has 6 nitrogen and oxygen atoms in total. The summed E-state index contributed by atoms with van der Waals surface area (Å²) < 4.78 is 16.1. The second-order valence-corrected chi connectivity index (χ2v) is 5.92. The summed E-state index contributed by atoms with van der Waals surface area (Å²) in [6.07, 6.45) is 0.636. The molecule has 3 N–H and O–H groups in total. The number of carbonyl (C=O) groups is 1. The Hall–Kier alpha value is -0.633. The van der Waals surface area contributed by atoms with Crippen LogP contribution in [0.3, 0.4) is 0 Å². The van der Waals surface area contributed by atoms with Gasteiger partial charge in [-0.25, -0.2) is 4.79 Å². The lowest BCUT2D eigenvalue weighted by Gasteiger charge is -2.32. The fraction of sp³-hybridized carbons (Fsp3) is 0.875. The van der Waals surface area contributed by atoms with Crippen LogP contribution < -0.4 is 11.1 Å². The number of rotatable bonds is 7. The predicted molar refractivity (Wildman–Crippen MR) is 58.2 cm³/mol. The summed E-state index contributed by atoms with van der Waals surface area (Å²) in [6.45, 7) is 4.21. The number of primary amides is 1. The maximum Gasteiger partial charge on any atom is 0.524 e. The van der Waals surface area contributed by atoms with Gasteiger partial charge in [0.15, 0.2) is 0 Å². The third-order valence-corrected chi connectivity index (χ3v) is 5.30. The molecule has 0 bridgehead atoms. The number of urea groups is 1. The molecule has 0 aromatic heterocycles. The Labute approximate surface area is 91.4 Å². The van der Waals surface area contributed by atoms with Crippen molar-refractivity contribution in [2.24, 2.45) is 5.73 Å². The standard InChI is InChI=1S/C8H20N2O4Si/c1-5-7(10-8(9)11)15(12-3,13-4)14-6-2/h7H,5-6H2,1-4H3,(H3,9,10,11). The molecule has 2 amide bonds. The molecule has 0 aromatic carbocycles. The zero-order chi connectivity index (χ0) is 11.9. The van der Waals surface area contributed by atoms with E-state index >= 15 is 0 Å². The Morgan fingerprint density at radius 3 is 2.20 bits per heavy atom. The van der Waals surface area contributed by atoms with Gasteiger partial charge in [-0.05, 0) is 13.3 Å². The minimum Gasteiger partial charge on any atom is -0.376 e. The van der Waals surface area contributed by atoms with Gasteiger partial charge < -0.3 is 24.3 Å². The third-order valence-electron chi connectivity index (χ3n) is 2.07. The Balaban J connectivity index is 4.73. The Morgan fingerprint density at radius 2 is 1.93 bits per heavy atom. The summed E-state index contributed by atoms with van der Waals surface area (Å²) >= 11 is 0. The molecule has 0 aliphatic rings. The average molecular weight is 236 g/mol. The van der Waals surface area contributed by atoms with Gasteiger partial charge in [0.2, 0.25) is 0 Å². The van der Waals surface area contributed by atoms with Gasteiger partial charge in [0.05, 0.1) is 0 Å². The highest BCUT2D eigenvalue weighted by Gasteiger charge is 2.47. The van der Waals surface area contributed by atoms with E-state index in [0.29, 0.717) is 13.0 Å². The largest absolute Gasteiger partial charge is 0.524 e. The first kappa shape index (κ1) is 14.4. The Bertz CT molecular complexity index is 199. The van der Waals surface area contributed by atoms with Crippen molar-refractivity contribution in [1.82, 2.24) is 5.32 Å². The topological polar surface area (TPSA) is 82.8 Å². The van der Waals surface area contributed by atoms with E-state index in [0.717, 1.165) is 0 Å². The minimum atomic E-state index is -2.85. The zero-order valence-corrected chi connectivity index (χ0v) is 10.7. The fourth-order valence-electron chi connectivity index (χ4n) is 1.40. The van der Waals surface area contributed by atoms with E-state index in [1.165, 1.54) is 14.2 Å². The quantitative estimate of drug-likeness (QED) is 0.620. The summed E-state index contributed by atoms with van der Waals surface area (Å²) in [6, 6.07) is -0.604. The molecule has 0 aliphatic carbocycles. The van der Waals surface area contributed by atoms with Crippen LogP contribution in [0.25, 0.3) is 0 Å². The number of hydrogen-bond donors (Lipinski definition) is 2. The Morgan fingerprint density at radius 1 is 1.40 bits per heavy atom. The molecule has 0 aliphatic heterocycles. The number of nitrogens with one attached hydrogen (secondary N) is 1. The second kappa shape index (κ2) is 6.78. The highest BCUT2D eigenvalue weighted by molar-refractivity contribution is 6.62. The van der Waals surface area contributed by atoms with Crippen LogP contribution in [0.2, 0.25) is 0 Å². The normalized spacial score (nSPS) is 13.6. The van der Waals surface area contributed by atoms with E-state index in [1.807, 2.05) is 13.8 Å². The van der Waals surface area contributed by atoms with E-state index in [4.69, 9.17) is 19.0 Å². The summed E-state index contributed by atoms with van der Waals surface area (Å²) in [7, 11) is 0.174. The summed E-state index contributed by atoms with van der Waals surface area (Å²) in [5.41, 5.74) is 4.76. The first-order valence-corrected chi connectivity index (χ1v) is 6.66. The molecule has 0 fully saturated rings. The molecule has 90 valence electrons. The van der Waals surface area contributed by atoms with Crippen molar-refractivity contribution >= 4 is 14.8 Å². The molecule has 0 rings (SSSR count). The highest BCUT2D eigenvalue weighted by Crippen LogP contribution is 2.15. The van der Waals surface area contributed by atoms with Crippen LogP contribution in [0.1, 0.15) is 20.3 Å². The summed E-state index contributed by atoms with van der Waals surface area (Å²) in [5, 5.41) is 2.58. The van der Waals surface area contributed by atoms with Crippen LogP contribution in [0, 0.1) is 0 Å². The molecular formula is C8H20N2O4Si. The van der Waals surface area contributed by atoms with Crippen LogP contribution in [0.15, 0.2) is 0 Å².